The summed E-state index contributed by atoms with van der Waals surface area (Å²) in [4.78, 5) is 35.9. The first-order valence-electron chi connectivity index (χ1n) is 25.2. The zero-order valence-electron chi connectivity index (χ0n) is 39.2. The van der Waals surface area contributed by atoms with Crippen LogP contribution < -0.4 is 9.47 Å². The maximum absolute atomic E-state index is 12.4. The third-order valence-corrected chi connectivity index (χ3v) is 11.7. The Kier molecular flexibility index (Phi) is 38.8. The number of carboxylic acids is 2. The average molecular weight is 862 g/mol. The molecule has 0 saturated carbocycles. The second-order valence-corrected chi connectivity index (χ2v) is 17.1. The van der Waals surface area contributed by atoms with Crippen LogP contribution >= 0.6 is 0 Å². The molecule has 0 atom stereocenters. The minimum absolute atomic E-state index is 0.0756. The summed E-state index contributed by atoms with van der Waals surface area (Å²) >= 11 is 0. The van der Waals surface area contributed by atoms with Crippen LogP contribution in [0, 0.1) is 0 Å². The van der Waals surface area contributed by atoms with Gasteiger partial charge in [0.15, 0.2) is 0 Å². The first-order chi connectivity index (χ1) is 29.8. The molecule has 2 N–H and O–H groups in total. The van der Waals surface area contributed by atoms with E-state index in [1.54, 1.807) is 0 Å². The lowest BCUT2D eigenvalue weighted by Crippen LogP contribution is -2.25. The molecule has 0 spiro atoms. The summed E-state index contributed by atoms with van der Waals surface area (Å²) in [6.45, 7) is 8.82. The average Bonchev–Trinajstić information content (AvgIpc) is 3.25. The summed E-state index contributed by atoms with van der Waals surface area (Å²) in [7, 11) is 0. The Morgan fingerprint density at radius 3 is 1.23 bits per heavy atom. The van der Waals surface area contributed by atoms with Crippen LogP contribution in [0.1, 0.15) is 231 Å². The molecule has 0 aromatic heterocycles. The fraction of sp³-hybridized carbons (Fsp3) is 0.824. The molecule has 0 aliphatic heterocycles. The van der Waals surface area contributed by atoms with E-state index >= 15 is 0 Å². The van der Waals surface area contributed by atoms with Crippen molar-refractivity contribution in [2.45, 2.75) is 232 Å². The normalized spacial score (nSPS) is 11.3. The van der Waals surface area contributed by atoms with E-state index < -0.39 is 18.1 Å². The Morgan fingerprint density at radius 1 is 0.459 bits per heavy atom. The van der Waals surface area contributed by atoms with Gasteiger partial charge in [-0.05, 0) is 63.4 Å². The molecule has 0 aliphatic rings. The van der Waals surface area contributed by atoms with Gasteiger partial charge in [0.1, 0.15) is 18.1 Å². The largest absolute Gasteiger partial charge is 0.508 e. The maximum atomic E-state index is 12.4. The van der Waals surface area contributed by atoms with Crippen molar-refractivity contribution in [1.82, 2.24) is 4.90 Å². The lowest BCUT2D eigenvalue weighted by molar-refractivity contribution is -0.138. The highest BCUT2D eigenvalue weighted by atomic mass is 16.7. The number of carbonyl (C=O) groups excluding carboxylic acids is 1. The Morgan fingerprint density at radius 2 is 0.836 bits per heavy atom. The van der Waals surface area contributed by atoms with Gasteiger partial charge in [0.05, 0.1) is 19.8 Å². The molecule has 0 amide bonds. The lowest BCUT2D eigenvalue weighted by atomic mass is 10.0. The number of hydrogen-bond acceptors (Lipinski definition) is 8. The van der Waals surface area contributed by atoms with Crippen LogP contribution in [0.5, 0.6) is 11.5 Å². The molecule has 354 valence electrons. The fourth-order valence-corrected chi connectivity index (χ4v) is 7.79. The molecule has 0 aliphatic carbocycles. The Hall–Kier alpha value is -3.01. The van der Waals surface area contributed by atoms with Crippen molar-refractivity contribution in [2.75, 3.05) is 39.5 Å². The van der Waals surface area contributed by atoms with Crippen molar-refractivity contribution in [3.8, 4) is 11.5 Å². The van der Waals surface area contributed by atoms with E-state index in [1.807, 2.05) is 18.2 Å². The van der Waals surface area contributed by atoms with Gasteiger partial charge in [-0.1, -0.05) is 181 Å². The van der Waals surface area contributed by atoms with E-state index in [9.17, 15) is 14.4 Å². The minimum atomic E-state index is -0.679. The van der Waals surface area contributed by atoms with Crippen LogP contribution in [-0.4, -0.2) is 72.7 Å². The molecule has 0 bridgehead atoms. The van der Waals surface area contributed by atoms with Crippen molar-refractivity contribution >= 4 is 18.1 Å². The number of benzene rings is 1. The number of nitrogens with zero attached hydrogens (tertiary/aromatic N) is 1. The van der Waals surface area contributed by atoms with E-state index in [0.29, 0.717) is 32.7 Å². The standard InChI is InChI=1S/C51H91NO9/c1-3-52(4-2)40-35-43-60-51(57)61-45-46-44-47(58-41-33-29-25-21-17-13-9-5-7-11-15-19-23-27-31-36-49(53)54)38-39-48(46)59-42-34-30-26-22-18-14-10-6-8-12-16-20-24-28-32-37-50(55)56/h38-39,44H,3-37,40-43,45H2,1-2H3,(H,53,54)(H,55,56). The summed E-state index contributed by atoms with van der Waals surface area (Å²) in [5.74, 6) is 0.135. The number of carboxylic acid groups (broad SMARTS) is 2. The van der Waals surface area contributed by atoms with Gasteiger partial charge in [0, 0.05) is 24.9 Å². The van der Waals surface area contributed by atoms with Gasteiger partial charge in [-0.3, -0.25) is 9.59 Å². The van der Waals surface area contributed by atoms with Gasteiger partial charge in [-0.25, -0.2) is 4.79 Å². The Bertz CT molecular complexity index is 1170. The second kappa shape index (κ2) is 42.3. The van der Waals surface area contributed by atoms with Gasteiger partial charge in [-0.2, -0.15) is 0 Å². The third-order valence-electron chi connectivity index (χ3n) is 11.7. The van der Waals surface area contributed by atoms with E-state index in [-0.39, 0.29) is 6.61 Å². The highest BCUT2D eigenvalue weighted by Crippen LogP contribution is 2.26. The van der Waals surface area contributed by atoms with Gasteiger partial charge in [-0.15, -0.1) is 0 Å². The molecule has 1 rings (SSSR count). The molecular weight excluding hydrogens is 771 g/mol. The van der Waals surface area contributed by atoms with Crippen molar-refractivity contribution in [2.24, 2.45) is 0 Å². The molecule has 10 heteroatoms. The monoisotopic (exact) mass is 862 g/mol. The van der Waals surface area contributed by atoms with Crippen molar-refractivity contribution in [3.05, 3.63) is 23.8 Å². The molecule has 61 heavy (non-hydrogen) atoms. The summed E-state index contributed by atoms with van der Waals surface area (Å²) < 4.78 is 23.2. The topological polar surface area (TPSA) is 132 Å². The quantitative estimate of drug-likeness (QED) is 0.0482. The molecule has 0 fully saturated rings. The smallest absolute Gasteiger partial charge is 0.494 e. The van der Waals surface area contributed by atoms with Crippen LogP contribution in [-0.2, 0) is 25.7 Å². The minimum Gasteiger partial charge on any atom is -0.494 e. The number of ether oxygens (including phenoxy) is 4. The first kappa shape index (κ1) is 56.0. The molecule has 0 heterocycles. The van der Waals surface area contributed by atoms with Crippen molar-refractivity contribution in [1.29, 1.82) is 0 Å². The lowest BCUT2D eigenvalue weighted by Gasteiger charge is -2.17. The number of unbranched alkanes of at least 4 members (excludes halogenated alkanes) is 28. The predicted octanol–water partition coefficient (Wildman–Crippen LogP) is 14.5. The second-order valence-electron chi connectivity index (χ2n) is 17.1. The molecule has 0 radical (unpaired) electrons. The van der Waals surface area contributed by atoms with Crippen LogP contribution in [0.15, 0.2) is 18.2 Å². The summed E-state index contributed by atoms with van der Waals surface area (Å²) in [6.07, 6.45) is 36.9. The number of carbonyl (C=O) groups is 3. The van der Waals surface area contributed by atoms with Crippen LogP contribution in [0.3, 0.4) is 0 Å². The van der Waals surface area contributed by atoms with E-state index in [4.69, 9.17) is 29.2 Å². The summed E-state index contributed by atoms with van der Waals surface area (Å²) in [5, 5.41) is 17.4. The summed E-state index contributed by atoms with van der Waals surface area (Å²) in [5.41, 5.74) is 0.793. The van der Waals surface area contributed by atoms with Gasteiger partial charge >= 0.3 is 18.1 Å². The van der Waals surface area contributed by atoms with Crippen LogP contribution in [0.25, 0.3) is 0 Å². The molecular formula is C51H91NO9. The van der Waals surface area contributed by atoms with Gasteiger partial charge < -0.3 is 34.1 Å². The first-order valence-corrected chi connectivity index (χ1v) is 25.2. The SMILES string of the molecule is CCN(CC)CCCOC(=O)OCc1cc(OCCCCCCCCCCCCCCCCCC(=O)O)ccc1OCCCCCCCCCCCCCCCCCC(=O)O. The number of rotatable bonds is 46. The predicted molar refractivity (Wildman–Crippen MR) is 249 cm³/mol. The molecule has 1 aromatic rings. The molecule has 0 saturated heterocycles. The van der Waals surface area contributed by atoms with E-state index in [1.165, 1.54) is 135 Å². The van der Waals surface area contributed by atoms with Gasteiger partial charge in [0.2, 0.25) is 0 Å². The van der Waals surface area contributed by atoms with E-state index in [0.717, 1.165) is 101 Å². The number of aliphatic carboxylic acids is 2. The zero-order valence-corrected chi connectivity index (χ0v) is 39.2. The maximum Gasteiger partial charge on any atom is 0.508 e. The third kappa shape index (κ3) is 37.3. The van der Waals surface area contributed by atoms with Crippen LogP contribution in [0.2, 0.25) is 0 Å². The Labute approximate surface area is 372 Å². The number of hydrogen-bond donors (Lipinski definition) is 2. The highest BCUT2D eigenvalue weighted by molar-refractivity contribution is 5.66. The van der Waals surface area contributed by atoms with Crippen molar-refractivity contribution < 1.29 is 43.5 Å². The Balaban J connectivity index is 2.27. The highest BCUT2D eigenvalue weighted by Gasteiger charge is 2.12. The molecule has 1 aromatic carbocycles. The zero-order chi connectivity index (χ0) is 44.3. The molecule has 10 nitrogen and oxygen atoms in total. The fourth-order valence-electron chi connectivity index (χ4n) is 7.79. The molecule has 0 unspecified atom stereocenters. The van der Waals surface area contributed by atoms with Crippen molar-refractivity contribution in [3.63, 3.8) is 0 Å². The van der Waals surface area contributed by atoms with Gasteiger partial charge in [0.25, 0.3) is 0 Å². The summed E-state index contributed by atoms with van der Waals surface area (Å²) in [6, 6.07) is 5.84. The van der Waals surface area contributed by atoms with Crippen LogP contribution in [0.4, 0.5) is 4.79 Å². The van der Waals surface area contributed by atoms with E-state index in [2.05, 4.69) is 18.7 Å².